The van der Waals surface area contributed by atoms with Crippen molar-refractivity contribution < 1.29 is 5.11 Å². The Morgan fingerprint density at radius 1 is 1.50 bits per heavy atom. The van der Waals surface area contributed by atoms with Crippen molar-refractivity contribution in [2.45, 2.75) is 33.3 Å². The monoisotopic (exact) mass is 200 g/mol. The lowest BCUT2D eigenvalue weighted by Crippen LogP contribution is -2.47. The maximum absolute atomic E-state index is 9.74. The quantitative estimate of drug-likeness (QED) is 0.704. The van der Waals surface area contributed by atoms with Crippen LogP contribution < -0.4 is 5.73 Å². The summed E-state index contributed by atoms with van der Waals surface area (Å²) in [5.74, 6) is 0.451. The van der Waals surface area contributed by atoms with Crippen LogP contribution in [0.5, 0.6) is 0 Å². The Bertz CT molecular complexity index is 182. The van der Waals surface area contributed by atoms with Crippen LogP contribution in [0.2, 0.25) is 0 Å². The van der Waals surface area contributed by atoms with Crippen LogP contribution >= 0.6 is 0 Å². The predicted octanol–water partition coefficient (Wildman–Crippen LogP) is 0.674. The van der Waals surface area contributed by atoms with Gasteiger partial charge in [-0.05, 0) is 30.8 Å². The van der Waals surface area contributed by atoms with E-state index in [-0.39, 0.29) is 11.5 Å². The van der Waals surface area contributed by atoms with E-state index in [1.165, 1.54) is 0 Å². The molecule has 1 heterocycles. The minimum Gasteiger partial charge on any atom is -0.392 e. The molecule has 1 rings (SSSR count). The maximum Gasteiger partial charge on any atom is 0.0693 e. The fourth-order valence-corrected chi connectivity index (χ4v) is 1.93. The zero-order chi connectivity index (χ0) is 10.8. The number of likely N-dealkylation sites (tertiary alicyclic amines) is 1. The van der Waals surface area contributed by atoms with E-state index in [9.17, 15) is 5.11 Å². The standard InChI is InChI=1S/C11H24N2O/c1-9-4-5-13(6-10(9)14)8-11(2,3)7-12/h9-10,14H,4-8,12H2,1-3H3. The first-order chi connectivity index (χ1) is 6.44. The normalized spacial score (nSPS) is 30.6. The molecule has 2 atom stereocenters. The highest BCUT2D eigenvalue weighted by Gasteiger charge is 2.27. The summed E-state index contributed by atoms with van der Waals surface area (Å²) >= 11 is 0. The van der Waals surface area contributed by atoms with Crippen molar-refractivity contribution in [3.05, 3.63) is 0 Å². The summed E-state index contributed by atoms with van der Waals surface area (Å²) in [6.45, 7) is 10.1. The van der Waals surface area contributed by atoms with E-state index in [0.717, 1.165) is 26.1 Å². The van der Waals surface area contributed by atoms with Crippen LogP contribution in [0, 0.1) is 11.3 Å². The highest BCUT2D eigenvalue weighted by atomic mass is 16.3. The molecule has 1 aliphatic rings. The summed E-state index contributed by atoms with van der Waals surface area (Å²) in [6, 6.07) is 0. The number of hydrogen-bond donors (Lipinski definition) is 2. The molecule has 0 aliphatic carbocycles. The Morgan fingerprint density at radius 3 is 2.64 bits per heavy atom. The lowest BCUT2D eigenvalue weighted by Gasteiger charge is -2.38. The summed E-state index contributed by atoms with van der Waals surface area (Å²) in [5.41, 5.74) is 5.86. The van der Waals surface area contributed by atoms with Crippen LogP contribution in [0.15, 0.2) is 0 Å². The number of piperidine rings is 1. The van der Waals surface area contributed by atoms with E-state index < -0.39 is 0 Å². The van der Waals surface area contributed by atoms with Crippen molar-refractivity contribution >= 4 is 0 Å². The molecule has 0 spiro atoms. The summed E-state index contributed by atoms with van der Waals surface area (Å²) in [7, 11) is 0. The van der Waals surface area contributed by atoms with Gasteiger partial charge in [-0.3, -0.25) is 0 Å². The van der Waals surface area contributed by atoms with Gasteiger partial charge in [0.2, 0.25) is 0 Å². The molecule has 0 aromatic rings. The average Bonchev–Trinajstić information content (AvgIpc) is 2.11. The molecule has 0 radical (unpaired) electrons. The third-order valence-electron chi connectivity index (χ3n) is 3.21. The minimum atomic E-state index is -0.155. The minimum absolute atomic E-state index is 0.155. The smallest absolute Gasteiger partial charge is 0.0693 e. The van der Waals surface area contributed by atoms with E-state index in [0.29, 0.717) is 12.5 Å². The van der Waals surface area contributed by atoms with Gasteiger partial charge in [0.25, 0.3) is 0 Å². The largest absolute Gasteiger partial charge is 0.392 e. The van der Waals surface area contributed by atoms with E-state index in [1.807, 2.05) is 0 Å². The molecule has 0 aromatic heterocycles. The third kappa shape index (κ3) is 3.23. The summed E-state index contributed by atoms with van der Waals surface area (Å²) in [4.78, 5) is 2.33. The van der Waals surface area contributed by atoms with Crippen molar-refractivity contribution in [2.75, 3.05) is 26.2 Å². The first kappa shape index (κ1) is 12.0. The number of aliphatic hydroxyl groups is 1. The molecule has 3 heteroatoms. The number of hydrogen-bond acceptors (Lipinski definition) is 3. The Kier molecular flexibility index (Phi) is 3.93. The van der Waals surface area contributed by atoms with Crippen LogP contribution in [-0.2, 0) is 0 Å². The molecule has 1 saturated heterocycles. The van der Waals surface area contributed by atoms with Gasteiger partial charge in [-0.15, -0.1) is 0 Å². The lowest BCUT2D eigenvalue weighted by molar-refractivity contribution is 0.0155. The molecular formula is C11H24N2O. The second kappa shape index (κ2) is 4.60. The van der Waals surface area contributed by atoms with E-state index in [4.69, 9.17) is 5.73 Å². The van der Waals surface area contributed by atoms with E-state index in [2.05, 4.69) is 25.7 Å². The highest BCUT2D eigenvalue weighted by Crippen LogP contribution is 2.21. The van der Waals surface area contributed by atoms with Crippen molar-refractivity contribution in [3.63, 3.8) is 0 Å². The van der Waals surface area contributed by atoms with Gasteiger partial charge in [-0.25, -0.2) is 0 Å². The van der Waals surface area contributed by atoms with Crippen molar-refractivity contribution in [2.24, 2.45) is 17.1 Å². The first-order valence-electron chi connectivity index (χ1n) is 5.55. The topological polar surface area (TPSA) is 49.5 Å². The van der Waals surface area contributed by atoms with Gasteiger partial charge in [0.15, 0.2) is 0 Å². The molecule has 3 nitrogen and oxygen atoms in total. The molecule has 84 valence electrons. The number of nitrogens with two attached hydrogens (primary N) is 1. The summed E-state index contributed by atoms with van der Waals surface area (Å²) in [5, 5.41) is 9.74. The van der Waals surface area contributed by atoms with Gasteiger partial charge in [-0.2, -0.15) is 0 Å². The molecule has 2 unspecified atom stereocenters. The summed E-state index contributed by atoms with van der Waals surface area (Å²) < 4.78 is 0. The Balaban J connectivity index is 2.40. The molecular weight excluding hydrogens is 176 g/mol. The molecule has 14 heavy (non-hydrogen) atoms. The van der Waals surface area contributed by atoms with Gasteiger partial charge >= 0.3 is 0 Å². The van der Waals surface area contributed by atoms with E-state index >= 15 is 0 Å². The number of rotatable bonds is 3. The number of nitrogens with zero attached hydrogens (tertiary/aromatic N) is 1. The Hall–Kier alpha value is -0.120. The van der Waals surface area contributed by atoms with E-state index in [1.54, 1.807) is 0 Å². The molecule has 0 bridgehead atoms. The molecule has 1 fully saturated rings. The second-order valence-corrected chi connectivity index (χ2v) is 5.44. The lowest BCUT2D eigenvalue weighted by atomic mass is 9.90. The first-order valence-corrected chi connectivity index (χ1v) is 5.55. The third-order valence-corrected chi connectivity index (χ3v) is 3.21. The number of aliphatic hydroxyl groups excluding tert-OH is 1. The predicted molar refractivity (Wildman–Crippen MR) is 59.1 cm³/mol. The van der Waals surface area contributed by atoms with Crippen molar-refractivity contribution in [1.29, 1.82) is 0 Å². The molecule has 3 N–H and O–H groups in total. The highest BCUT2D eigenvalue weighted by molar-refractivity contribution is 4.81. The van der Waals surface area contributed by atoms with Gasteiger partial charge in [-0.1, -0.05) is 20.8 Å². The van der Waals surface area contributed by atoms with Gasteiger partial charge in [0.1, 0.15) is 0 Å². The van der Waals surface area contributed by atoms with Crippen LogP contribution in [0.25, 0.3) is 0 Å². The average molecular weight is 200 g/mol. The SMILES string of the molecule is CC1CCN(CC(C)(C)CN)CC1O. The van der Waals surface area contributed by atoms with Gasteiger partial charge in [0.05, 0.1) is 6.10 Å². The zero-order valence-electron chi connectivity index (χ0n) is 9.66. The molecule has 0 saturated carbocycles. The Labute approximate surface area is 87.3 Å². The summed E-state index contributed by atoms with van der Waals surface area (Å²) in [6.07, 6.45) is 0.944. The van der Waals surface area contributed by atoms with Crippen LogP contribution in [-0.4, -0.2) is 42.3 Å². The van der Waals surface area contributed by atoms with Gasteiger partial charge < -0.3 is 15.7 Å². The molecule has 0 aromatic carbocycles. The molecule has 1 aliphatic heterocycles. The molecule has 0 amide bonds. The van der Waals surface area contributed by atoms with Crippen LogP contribution in [0.4, 0.5) is 0 Å². The second-order valence-electron chi connectivity index (χ2n) is 5.44. The fourth-order valence-electron chi connectivity index (χ4n) is 1.93. The fraction of sp³-hybridized carbons (Fsp3) is 1.00. The van der Waals surface area contributed by atoms with Gasteiger partial charge in [0, 0.05) is 13.1 Å². The number of β-amino-alcohol motifs (C(OH)–C–C–N with tert-alkyl or cyclic N) is 1. The zero-order valence-corrected chi connectivity index (χ0v) is 9.66. The maximum atomic E-state index is 9.74. The van der Waals surface area contributed by atoms with Crippen LogP contribution in [0.3, 0.4) is 0 Å². The van der Waals surface area contributed by atoms with Crippen LogP contribution in [0.1, 0.15) is 27.2 Å². The van der Waals surface area contributed by atoms with Crippen molar-refractivity contribution in [3.8, 4) is 0 Å². The Morgan fingerprint density at radius 2 is 2.14 bits per heavy atom. The van der Waals surface area contributed by atoms with Crippen molar-refractivity contribution in [1.82, 2.24) is 4.90 Å².